The van der Waals surface area contributed by atoms with Crippen molar-refractivity contribution in [1.82, 2.24) is 0 Å². The highest BCUT2D eigenvalue weighted by Crippen LogP contribution is 2.39. The quantitative estimate of drug-likeness (QED) is 0.571. The summed E-state index contributed by atoms with van der Waals surface area (Å²) in [5.41, 5.74) is 1.02. The van der Waals surface area contributed by atoms with Crippen molar-refractivity contribution in [2.45, 2.75) is 72.7 Å². The van der Waals surface area contributed by atoms with Crippen molar-refractivity contribution in [3.8, 4) is 0 Å². The fourth-order valence-electron chi connectivity index (χ4n) is 1.96. The van der Waals surface area contributed by atoms with Crippen molar-refractivity contribution in [2.24, 2.45) is 11.8 Å². The molecule has 2 atom stereocenters. The minimum atomic E-state index is -1.75. The van der Waals surface area contributed by atoms with E-state index in [0.29, 0.717) is 11.8 Å². The molecule has 0 aliphatic rings. The molecule has 114 valence electrons. The average Bonchev–Trinajstić information content (AvgIpc) is 2.23. The maximum atomic E-state index is 9.17. The molecule has 0 aromatic rings. The minimum absolute atomic E-state index is 0.134. The fraction of sp³-hybridized carbons (Fsp3) is 0.875. The van der Waals surface area contributed by atoms with Crippen LogP contribution in [0.1, 0.15) is 48.5 Å². The van der Waals surface area contributed by atoms with Crippen LogP contribution in [0.3, 0.4) is 0 Å². The Balaban J connectivity index is 5.05. The molecular weight excluding hydrogens is 252 g/mol. The van der Waals surface area contributed by atoms with Crippen molar-refractivity contribution in [1.29, 1.82) is 0 Å². The first-order valence-electron chi connectivity index (χ1n) is 7.38. The number of hydrogen-bond acceptors (Lipinski definition) is 2. The minimum Gasteiger partial charge on any atom is -0.413 e. The van der Waals surface area contributed by atoms with Gasteiger partial charge in [0.15, 0.2) is 8.32 Å². The van der Waals surface area contributed by atoms with Gasteiger partial charge < -0.3 is 9.53 Å². The maximum absolute atomic E-state index is 9.17. The van der Waals surface area contributed by atoms with Crippen molar-refractivity contribution in [3.63, 3.8) is 0 Å². The van der Waals surface area contributed by atoms with Gasteiger partial charge in [-0.3, -0.25) is 0 Å². The molecule has 0 bridgehead atoms. The van der Waals surface area contributed by atoms with Crippen LogP contribution in [0.5, 0.6) is 0 Å². The predicted molar refractivity (Wildman–Crippen MR) is 86.9 cm³/mol. The van der Waals surface area contributed by atoms with Gasteiger partial charge in [0.2, 0.25) is 0 Å². The standard InChI is InChI=1S/C16H34O2Si/c1-12(2)15(14(4)10-13(3)11-17)18-19(8,9)16(5,6)7/h10,12,14-15,17H,11H2,1-9H3/b13-10-/t14-,15-/m1/s1. The van der Waals surface area contributed by atoms with Crippen LogP contribution in [0, 0.1) is 11.8 Å². The van der Waals surface area contributed by atoms with Gasteiger partial charge in [0.1, 0.15) is 0 Å². The lowest BCUT2D eigenvalue weighted by molar-refractivity contribution is 0.0999. The first-order valence-corrected chi connectivity index (χ1v) is 10.3. The van der Waals surface area contributed by atoms with Crippen LogP contribution in [0.25, 0.3) is 0 Å². The number of hydrogen-bond donors (Lipinski definition) is 1. The Morgan fingerprint density at radius 1 is 1.21 bits per heavy atom. The lowest BCUT2D eigenvalue weighted by Crippen LogP contribution is -2.46. The van der Waals surface area contributed by atoms with Crippen LogP contribution in [0.15, 0.2) is 11.6 Å². The van der Waals surface area contributed by atoms with Crippen LogP contribution >= 0.6 is 0 Å². The van der Waals surface area contributed by atoms with Gasteiger partial charge in [0.25, 0.3) is 0 Å². The zero-order valence-electron chi connectivity index (χ0n) is 14.4. The summed E-state index contributed by atoms with van der Waals surface area (Å²) in [6.07, 6.45) is 2.38. The fourth-order valence-corrected chi connectivity index (χ4v) is 3.48. The smallest absolute Gasteiger partial charge is 0.192 e. The molecule has 0 unspecified atom stereocenters. The van der Waals surface area contributed by atoms with E-state index in [9.17, 15) is 0 Å². The summed E-state index contributed by atoms with van der Waals surface area (Å²) in [4.78, 5) is 0. The molecule has 0 rings (SSSR count). The summed E-state index contributed by atoms with van der Waals surface area (Å²) in [6.45, 7) is 20.2. The van der Waals surface area contributed by atoms with Gasteiger partial charge >= 0.3 is 0 Å². The van der Waals surface area contributed by atoms with Crippen LogP contribution in [0.4, 0.5) is 0 Å². The van der Waals surface area contributed by atoms with E-state index in [-0.39, 0.29) is 17.7 Å². The molecule has 0 heterocycles. The highest BCUT2D eigenvalue weighted by atomic mass is 28.4. The highest BCUT2D eigenvalue weighted by molar-refractivity contribution is 6.74. The molecule has 0 aromatic carbocycles. The zero-order valence-corrected chi connectivity index (χ0v) is 15.4. The Hall–Kier alpha value is -0.123. The second-order valence-corrected chi connectivity index (χ2v) is 12.4. The van der Waals surface area contributed by atoms with Crippen LogP contribution in [-0.2, 0) is 4.43 Å². The third-order valence-corrected chi connectivity index (χ3v) is 8.68. The van der Waals surface area contributed by atoms with E-state index in [0.717, 1.165) is 5.57 Å². The molecule has 0 spiro atoms. The lowest BCUT2D eigenvalue weighted by Gasteiger charge is -2.42. The van der Waals surface area contributed by atoms with Crippen LogP contribution < -0.4 is 0 Å². The average molecular weight is 287 g/mol. The monoisotopic (exact) mass is 286 g/mol. The lowest BCUT2D eigenvalue weighted by atomic mass is 9.93. The molecule has 0 saturated heterocycles. The summed E-state index contributed by atoms with van der Waals surface area (Å²) in [5.74, 6) is 0.813. The van der Waals surface area contributed by atoms with Crippen molar-refractivity contribution in [2.75, 3.05) is 6.61 Å². The van der Waals surface area contributed by atoms with Gasteiger partial charge in [0, 0.05) is 0 Å². The van der Waals surface area contributed by atoms with E-state index in [2.05, 4.69) is 60.7 Å². The highest BCUT2D eigenvalue weighted by Gasteiger charge is 2.40. The Kier molecular flexibility index (Phi) is 7.00. The Morgan fingerprint density at radius 3 is 2.00 bits per heavy atom. The van der Waals surface area contributed by atoms with E-state index >= 15 is 0 Å². The maximum Gasteiger partial charge on any atom is 0.192 e. The third-order valence-electron chi connectivity index (χ3n) is 4.21. The van der Waals surface area contributed by atoms with Gasteiger partial charge in [0.05, 0.1) is 12.7 Å². The van der Waals surface area contributed by atoms with E-state index in [1.165, 1.54) is 0 Å². The van der Waals surface area contributed by atoms with Crippen molar-refractivity contribution in [3.05, 3.63) is 11.6 Å². The number of aliphatic hydroxyl groups excluding tert-OH is 1. The van der Waals surface area contributed by atoms with Crippen molar-refractivity contribution >= 4 is 8.32 Å². The van der Waals surface area contributed by atoms with Gasteiger partial charge in [-0.2, -0.15) is 0 Å². The molecule has 0 radical (unpaired) electrons. The molecule has 0 amide bonds. The number of rotatable bonds is 6. The molecule has 1 N–H and O–H groups in total. The zero-order chi connectivity index (χ0) is 15.4. The normalized spacial score (nSPS) is 17.7. The second kappa shape index (κ2) is 7.05. The predicted octanol–water partition coefficient (Wildman–Crippen LogP) is 4.61. The van der Waals surface area contributed by atoms with Crippen LogP contribution in [-0.4, -0.2) is 26.1 Å². The molecule has 0 fully saturated rings. The molecule has 2 nitrogen and oxygen atoms in total. The Bertz CT molecular complexity index is 300. The number of aliphatic hydroxyl groups is 1. The summed E-state index contributed by atoms with van der Waals surface area (Å²) >= 11 is 0. The molecule has 0 aliphatic carbocycles. The first kappa shape index (κ1) is 18.9. The molecule has 19 heavy (non-hydrogen) atoms. The van der Waals surface area contributed by atoms with E-state index in [4.69, 9.17) is 9.53 Å². The van der Waals surface area contributed by atoms with E-state index in [1.807, 2.05) is 6.92 Å². The van der Waals surface area contributed by atoms with Gasteiger partial charge in [-0.05, 0) is 36.9 Å². The summed E-state index contributed by atoms with van der Waals surface area (Å²) < 4.78 is 6.58. The molecular formula is C16H34O2Si. The second-order valence-electron chi connectivity index (χ2n) is 7.62. The van der Waals surface area contributed by atoms with E-state index < -0.39 is 8.32 Å². The first-order chi connectivity index (χ1) is 8.42. The van der Waals surface area contributed by atoms with Crippen molar-refractivity contribution < 1.29 is 9.53 Å². The largest absolute Gasteiger partial charge is 0.413 e. The Morgan fingerprint density at radius 2 is 1.68 bits per heavy atom. The molecule has 0 aromatic heterocycles. The third kappa shape index (κ3) is 5.80. The van der Waals surface area contributed by atoms with Crippen LogP contribution in [0.2, 0.25) is 18.1 Å². The molecule has 3 heteroatoms. The topological polar surface area (TPSA) is 29.5 Å². The summed E-state index contributed by atoms with van der Waals surface area (Å²) in [5, 5.41) is 9.40. The van der Waals surface area contributed by atoms with Gasteiger partial charge in [-0.1, -0.05) is 53.2 Å². The van der Waals surface area contributed by atoms with E-state index in [1.54, 1.807) is 0 Å². The SMILES string of the molecule is C/C(=C/[C@@H](C)[C@H](O[Si](C)(C)C(C)(C)C)C(C)C)CO. The molecule has 0 aliphatic heterocycles. The van der Waals surface area contributed by atoms with Gasteiger partial charge in [-0.25, -0.2) is 0 Å². The molecule has 0 saturated carbocycles. The summed E-state index contributed by atoms with van der Waals surface area (Å²) in [6, 6.07) is 0. The summed E-state index contributed by atoms with van der Waals surface area (Å²) in [7, 11) is -1.75. The Labute approximate surface area is 121 Å². The van der Waals surface area contributed by atoms with Gasteiger partial charge in [-0.15, -0.1) is 0 Å².